The minimum Gasteiger partial charge on any atom is -0.452 e. The number of esters is 1. The standard InChI is InChI=1S/C20H21N3O5S/c1-14(24)21-16-6-4-15(5-7-16)20(27)28-13-18(25)22-8-10-23(11-9-22)19(26)17-3-2-12-29-17/h2-7,12H,8-11,13H2,1H3,(H,21,24). The molecule has 0 atom stereocenters. The largest absolute Gasteiger partial charge is 0.452 e. The van der Waals surface area contributed by atoms with Gasteiger partial charge in [-0.1, -0.05) is 6.07 Å². The summed E-state index contributed by atoms with van der Waals surface area (Å²) < 4.78 is 5.10. The van der Waals surface area contributed by atoms with Crippen LogP contribution in [0.1, 0.15) is 27.0 Å². The Morgan fingerprint density at radius 1 is 1.00 bits per heavy atom. The molecule has 1 saturated heterocycles. The highest BCUT2D eigenvalue weighted by molar-refractivity contribution is 7.12. The number of anilines is 1. The molecule has 1 aliphatic rings. The van der Waals surface area contributed by atoms with Gasteiger partial charge in [-0.2, -0.15) is 0 Å². The van der Waals surface area contributed by atoms with Crippen LogP contribution in [0.4, 0.5) is 5.69 Å². The highest BCUT2D eigenvalue weighted by Gasteiger charge is 2.25. The van der Waals surface area contributed by atoms with Gasteiger partial charge in [0.15, 0.2) is 6.61 Å². The van der Waals surface area contributed by atoms with Gasteiger partial charge in [0, 0.05) is 38.8 Å². The number of rotatable bonds is 5. The number of piperazine rings is 1. The molecule has 0 unspecified atom stereocenters. The van der Waals surface area contributed by atoms with Crippen LogP contribution in [-0.2, 0) is 14.3 Å². The average Bonchev–Trinajstić information content (AvgIpc) is 3.26. The van der Waals surface area contributed by atoms with Gasteiger partial charge in [0.25, 0.3) is 11.8 Å². The summed E-state index contributed by atoms with van der Waals surface area (Å²) in [4.78, 5) is 51.8. The molecule has 9 heteroatoms. The Balaban J connectivity index is 1.44. The summed E-state index contributed by atoms with van der Waals surface area (Å²) in [6, 6.07) is 9.83. The minimum atomic E-state index is -0.612. The number of hydrogen-bond acceptors (Lipinski definition) is 6. The lowest BCUT2D eigenvalue weighted by Crippen LogP contribution is -2.51. The zero-order valence-electron chi connectivity index (χ0n) is 15.9. The first kappa shape index (κ1) is 20.5. The van der Waals surface area contributed by atoms with E-state index in [1.807, 2.05) is 11.4 Å². The summed E-state index contributed by atoms with van der Waals surface area (Å²) in [5.41, 5.74) is 0.860. The van der Waals surface area contributed by atoms with Crippen LogP contribution in [0, 0.1) is 0 Å². The molecule has 152 valence electrons. The molecule has 0 bridgehead atoms. The first-order valence-corrected chi connectivity index (χ1v) is 9.97. The fourth-order valence-corrected chi connectivity index (χ4v) is 3.60. The molecule has 1 aromatic heterocycles. The Hall–Kier alpha value is -3.20. The maximum absolute atomic E-state index is 12.3. The number of thiophene rings is 1. The van der Waals surface area contributed by atoms with E-state index in [1.54, 1.807) is 28.0 Å². The summed E-state index contributed by atoms with van der Waals surface area (Å²) in [6.45, 7) is 2.73. The number of hydrogen-bond donors (Lipinski definition) is 1. The van der Waals surface area contributed by atoms with Crippen molar-refractivity contribution in [2.45, 2.75) is 6.92 Å². The van der Waals surface area contributed by atoms with Crippen molar-refractivity contribution in [1.29, 1.82) is 0 Å². The van der Waals surface area contributed by atoms with Crippen LogP contribution in [0.15, 0.2) is 41.8 Å². The molecule has 0 saturated carbocycles. The van der Waals surface area contributed by atoms with E-state index in [2.05, 4.69) is 5.32 Å². The molecule has 29 heavy (non-hydrogen) atoms. The van der Waals surface area contributed by atoms with Gasteiger partial charge in [0.2, 0.25) is 5.91 Å². The summed E-state index contributed by atoms with van der Waals surface area (Å²) in [6.07, 6.45) is 0. The van der Waals surface area contributed by atoms with Gasteiger partial charge in [-0.15, -0.1) is 11.3 Å². The summed E-state index contributed by atoms with van der Waals surface area (Å²) in [7, 11) is 0. The molecule has 0 spiro atoms. The van der Waals surface area contributed by atoms with Crippen LogP contribution < -0.4 is 5.32 Å². The molecular weight excluding hydrogens is 394 g/mol. The minimum absolute atomic E-state index is 0.0266. The molecular formula is C20H21N3O5S. The highest BCUT2D eigenvalue weighted by Crippen LogP contribution is 2.14. The second-order valence-electron chi connectivity index (χ2n) is 6.48. The SMILES string of the molecule is CC(=O)Nc1ccc(C(=O)OCC(=O)N2CCN(C(=O)c3cccs3)CC2)cc1. The number of ether oxygens (including phenoxy) is 1. The van der Waals surface area contributed by atoms with Crippen LogP contribution in [0.5, 0.6) is 0 Å². The van der Waals surface area contributed by atoms with Crippen molar-refractivity contribution in [1.82, 2.24) is 9.80 Å². The fraction of sp³-hybridized carbons (Fsp3) is 0.300. The Morgan fingerprint density at radius 3 is 2.24 bits per heavy atom. The molecule has 1 aromatic carbocycles. The van der Waals surface area contributed by atoms with E-state index in [1.165, 1.54) is 30.4 Å². The van der Waals surface area contributed by atoms with Crippen molar-refractivity contribution in [3.8, 4) is 0 Å². The Bertz CT molecular complexity index is 887. The zero-order valence-corrected chi connectivity index (χ0v) is 16.7. The number of carbonyl (C=O) groups is 4. The third-order valence-electron chi connectivity index (χ3n) is 4.42. The summed E-state index contributed by atoms with van der Waals surface area (Å²) >= 11 is 1.39. The van der Waals surface area contributed by atoms with Crippen LogP contribution >= 0.6 is 11.3 Å². The van der Waals surface area contributed by atoms with Crippen molar-refractivity contribution < 1.29 is 23.9 Å². The average molecular weight is 415 g/mol. The van der Waals surface area contributed by atoms with Gasteiger partial charge in [0.1, 0.15) is 0 Å². The summed E-state index contributed by atoms with van der Waals surface area (Å²) in [5, 5.41) is 4.46. The van der Waals surface area contributed by atoms with E-state index >= 15 is 0 Å². The van der Waals surface area contributed by atoms with E-state index in [9.17, 15) is 19.2 Å². The molecule has 1 N–H and O–H groups in total. The maximum atomic E-state index is 12.3. The Morgan fingerprint density at radius 2 is 1.66 bits per heavy atom. The first-order chi connectivity index (χ1) is 13.9. The predicted octanol–water partition coefficient (Wildman–Crippen LogP) is 1.85. The third kappa shape index (κ3) is 5.41. The van der Waals surface area contributed by atoms with Gasteiger partial charge < -0.3 is 19.9 Å². The lowest BCUT2D eigenvalue weighted by Gasteiger charge is -2.34. The molecule has 3 rings (SSSR count). The number of nitrogens with one attached hydrogen (secondary N) is 1. The number of benzene rings is 1. The monoisotopic (exact) mass is 415 g/mol. The predicted molar refractivity (Wildman–Crippen MR) is 108 cm³/mol. The van der Waals surface area contributed by atoms with Crippen LogP contribution in [0.3, 0.4) is 0 Å². The van der Waals surface area contributed by atoms with E-state index < -0.39 is 5.97 Å². The van der Waals surface area contributed by atoms with Crippen molar-refractivity contribution >= 4 is 40.7 Å². The fourth-order valence-electron chi connectivity index (χ4n) is 2.91. The van der Waals surface area contributed by atoms with E-state index in [0.29, 0.717) is 42.3 Å². The Labute approximate surface area is 172 Å². The van der Waals surface area contributed by atoms with Crippen LogP contribution in [0.25, 0.3) is 0 Å². The number of carbonyl (C=O) groups excluding carboxylic acids is 4. The van der Waals surface area contributed by atoms with Gasteiger partial charge in [-0.3, -0.25) is 14.4 Å². The van der Waals surface area contributed by atoms with Gasteiger partial charge >= 0.3 is 5.97 Å². The maximum Gasteiger partial charge on any atom is 0.338 e. The zero-order chi connectivity index (χ0) is 20.8. The Kier molecular flexibility index (Phi) is 6.61. The first-order valence-electron chi connectivity index (χ1n) is 9.09. The van der Waals surface area contributed by atoms with Gasteiger partial charge in [-0.25, -0.2) is 4.79 Å². The van der Waals surface area contributed by atoms with E-state index in [4.69, 9.17) is 4.74 Å². The molecule has 0 aliphatic carbocycles. The van der Waals surface area contributed by atoms with E-state index in [0.717, 1.165) is 0 Å². The molecule has 8 nitrogen and oxygen atoms in total. The second-order valence-corrected chi connectivity index (χ2v) is 7.43. The molecule has 1 fully saturated rings. The molecule has 2 heterocycles. The van der Waals surface area contributed by atoms with Crippen LogP contribution in [-0.4, -0.2) is 66.3 Å². The lowest BCUT2D eigenvalue weighted by molar-refractivity contribution is -0.136. The summed E-state index contributed by atoms with van der Waals surface area (Å²) in [5.74, 6) is -1.14. The molecule has 2 aromatic rings. The lowest BCUT2D eigenvalue weighted by atomic mass is 10.2. The second kappa shape index (κ2) is 9.33. The van der Waals surface area contributed by atoms with Crippen molar-refractivity contribution in [3.05, 3.63) is 52.2 Å². The van der Waals surface area contributed by atoms with Crippen LogP contribution in [0.2, 0.25) is 0 Å². The van der Waals surface area contributed by atoms with Gasteiger partial charge in [-0.05, 0) is 35.7 Å². The van der Waals surface area contributed by atoms with Crippen molar-refractivity contribution in [2.75, 3.05) is 38.1 Å². The van der Waals surface area contributed by atoms with Crippen molar-refractivity contribution in [3.63, 3.8) is 0 Å². The number of nitrogens with zero attached hydrogens (tertiary/aromatic N) is 2. The molecule has 3 amide bonds. The molecule has 0 radical (unpaired) electrons. The topological polar surface area (TPSA) is 96.0 Å². The smallest absolute Gasteiger partial charge is 0.338 e. The normalized spacial score (nSPS) is 13.7. The van der Waals surface area contributed by atoms with Gasteiger partial charge in [0.05, 0.1) is 10.4 Å². The molecule has 1 aliphatic heterocycles. The van der Waals surface area contributed by atoms with Crippen molar-refractivity contribution in [2.24, 2.45) is 0 Å². The highest BCUT2D eigenvalue weighted by atomic mass is 32.1. The third-order valence-corrected chi connectivity index (χ3v) is 5.28. The van der Waals surface area contributed by atoms with E-state index in [-0.39, 0.29) is 24.3 Å². The number of amides is 3. The quantitative estimate of drug-likeness (QED) is 0.752.